The van der Waals surface area contributed by atoms with E-state index in [0.29, 0.717) is 5.75 Å². The largest absolute Gasteiger partial charge is 0.506 e. The zero-order valence-electron chi connectivity index (χ0n) is 7.60. The van der Waals surface area contributed by atoms with E-state index in [1.807, 2.05) is 16.8 Å². The van der Waals surface area contributed by atoms with Crippen LogP contribution in [0.25, 0.3) is 9.75 Å². The van der Waals surface area contributed by atoms with Gasteiger partial charge >= 0.3 is 0 Å². The third-order valence-corrected chi connectivity index (χ3v) is 3.99. The third-order valence-electron chi connectivity index (χ3n) is 2.00. The molecule has 0 bridgehead atoms. The Bertz CT molecular complexity index is 429. The number of aliphatic hydroxyl groups is 1. The molecule has 2 aromatic rings. The van der Waals surface area contributed by atoms with Gasteiger partial charge in [0, 0.05) is 0 Å². The summed E-state index contributed by atoms with van der Waals surface area (Å²) in [6, 6.07) is 3.56. The Hall–Kier alpha value is -0.840. The number of hydrogen-bond acceptors (Lipinski definition) is 4. The maximum atomic E-state index is 9.56. The SMILES string of the molecule is CC(O)c1ccsc1-c1sccc1O. The van der Waals surface area contributed by atoms with Gasteiger partial charge in [0.05, 0.1) is 15.9 Å². The van der Waals surface area contributed by atoms with Crippen LogP contribution in [-0.4, -0.2) is 10.2 Å². The number of aliphatic hydroxyl groups excluding tert-OH is 1. The van der Waals surface area contributed by atoms with Crippen LogP contribution >= 0.6 is 22.7 Å². The van der Waals surface area contributed by atoms with Crippen LogP contribution in [-0.2, 0) is 0 Å². The second-order valence-electron chi connectivity index (χ2n) is 3.02. The highest BCUT2D eigenvalue weighted by atomic mass is 32.1. The molecule has 2 heterocycles. The fourth-order valence-electron chi connectivity index (χ4n) is 1.31. The first-order valence-corrected chi connectivity index (χ1v) is 5.98. The van der Waals surface area contributed by atoms with E-state index in [1.54, 1.807) is 24.3 Å². The Morgan fingerprint density at radius 3 is 2.36 bits per heavy atom. The summed E-state index contributed by atoms with van der Waals surface area (Å²) in [5.41, 5.74) is 0.882. The Balaban J connectivity index is 2.52. The molecule has 2 aromatic heterocycles. The van der Waals surface area contributed by atoms with Crippen molar-refractivity contribution in [2.45, 2.75) is 13.0 Å². The molecule has 1 unspecified atom stereocenters. The minimum atomic E-state index is -0.488. The number of aromatic hydroxyl groups is 1. The lowest BCUT2D eigenvalue weighted by atomic mass is 10.1. The van der Waals surface area contributed by atoms with Gasteiger partial charge < -0.3 is 10.2 Å². The summed E-state index contributed by atoms with van der Waals surface area (Å²) in [5.74, 6) is 0.291. The average Bonchev–Trinajstić information content (AvgIpc) is 2.70. The fourth-order valence-corrected chi connectivity index (χ4v) is 3.28. The molecule has 1 atom stereocenters. The predicted molar refractivity (Wildman–Crippen MR) is 59.9 cm³/mol. The molecule has 0 saturated heterocycles. The van der Waals surface area contributed by atoms with Gasteiger partial charge in [-0.3, -0.25) is 0 Å². The fraction of sp³-hybridized carbons (Fsp3) is 0.200. The molecule has 0 radical (unpaired) electrons. The normalized spacial score (nSPS) is 13.0. The second-order valence-corrected chi connectivity index (χ2v) is 4.85. The summed E-state index contributed by atoms with van der Waals surface area (Å²) in [6.07, 6.45) is -0.488. The Morgan fingerprint density at radius 2 is 1.79 bits per heavy atom. The van der Waals surface area contributed by atoms with Crippen molar-refractivity contribution in [2.75, 3.05) is 0 Å². The van der Waals surface area contributed by atoms with Crippen LogP contribution in [0.5, 0.6) is 5.75 Å². The number of hydrogen-bond donors (Lipinski definition) is 2. The molecule has 0 fully saturated rings. The molecule has 2 nitrogen and oxygen atoms in total. The first-order chi connectivity index (χ1) is 6.70. The molecule has 0 aliphatic carbocycles. The number of thiophene rings is 2. The molecule has 0 aromatic carbocycles. The predicted octanol–water partition coefficient (Wildman–Crippen LogP) is 3.24. The topological polar surface area (TPSA) is 40.5 Å². The van der Waals surface area contributed by atoms with Gasteiger partial charge in [-0.15, -0.1) is 22.7 Å². The Labute approximate surface area is 90.1 Å². The molecule has 0 amide bonds. The van der Waals surface area contributed by atoms with Crippen LogP contribution in [0.2, 0.25) is 0 Å². The molecule has 4 heteroatoms. The van der Waals surface area contributed by atoms with Crippen LogP contribution in [0.1, 0.15) is 18.6 Å². The van der Waals surface area contributed by atoms with Gasteiger partial charge in [-0.25, -0.2) is 0 Å². The van der Waals surface area contributed by atoms with Crippen LogP contribution in [0.3, 0.4) is 0 Å². The van der Waals surface area contributed by atoms with Crippen molar-refractivity contribution in [2.24, 2.45) is 0 Å². The van der Waals surface area contributed by atoms with Gasteiger partial charge in [-0.05, 0) is 35.4 Å². The molecule has 0 spiro atoms. The van der Waals surface area contributed by atoms with Crippen LogP contribution < -0.4 is 0 Å². The molecular formula is C10H10O2S2. The lowest BCUT2D eigenvalue weighted by Crippen LogP contribution is -1.89. The first-order valence-electron chi connectivity index (χ1n) is 4.22. The van der Waals surface area contributed by atoms with Gasteiger partial charge in [0.2, 0.25) is 0 Å². The average molecular weight is 226 g/mol. The summed E-state index contributed by atoms with van der Waals surface area (Å²) in [7, 11) is 0. The van der Waals surface area contributed by atoms with Crippen LogP contribution in [0.15, 0.2) is 22.9 Å². The zero-order chi connectivity index (χ0) is 10.1. The molecule has 2 N–H and O–H groups in total. The summed E-state index contributed by atoms with van der Waals surface area (Å²) in [5, 5.41) is 22.8. The molecule has 74 valence electrons. The highest BCUT2D eigenvalue weighted by Crippen LogP contribution is 2.41. The zero-order valence-corrected chi connectivity index (χ0v) is 9.23. The van der Waals surface area contributed by atoms with Gasteiger partial charge in [0.25, 0.3) is 0 Å². The molecule has 0 aliphatic rings. The van der Waals surface area contributed by atoms with Crippen molar-refractivity contribution in [1.82, 2.24) is 0 Å². The minimum Gasteiger partial charge on any atom is -0.506 e. The van der Waals surface area contributed by atoms with E-state index in [9.17, 15) is 10.2 Å². The van der Waals surface area contributed by atoms with Gasteiger partial charge in [0.1, 0.15) is 5.75 Å². The van der Waals surface area contributed by atoms with E-state index < -0.39 is 6.10 Å². The van der Waals surface area contributed by atoms with Gasteiger partial charge in [-0.1, -0.05) is 0 Å². The van der Waals surface area contributed by atoms with E-state index >= 15 is 0 Å². The Kier molecular flexibility index (Phi) is 2.58. The molecule has 0 saturated carbocycles. The maximum absolute atomic E-state index is 9.56. The van der Waals surface area contributed by atoms with Gasteiger partial charge in [0.15, 0.2) is 0 Å². The van der Waals surface area contributed by atoms with Crippen molar-refractivity contribution in [3.8, 4) is 15.5 Å². The summed E-state index contributed by atoms with van der Waals surface area (Å²) < 4.78 is 0. The lowest BCUT2D eigenvalue weighted by molar-refractivity contribution is 0.200. The molecular weight excluding hydrogens is 216 g/mol. The van der Waals surface area contributed by atoms with Crippen molar-refractivity contribution in [3.63, 3.8) is 0 Å². The van der Waals surface area contributed by atoms with E-state index in [2.05, 4.69) is 0 Å². The van der Waals surface area contributed by atoms with Crippen molar-refractivity contribution in [3.05, 3.63) is 28.5 Å². The standard InChI is InChI=1S/C10H10O2S2/c1-6(11)7-2-4-13-9(7)10-8(12)3-5-14-10/h2-6,11-12H,1H3. The molecule has 14 heavy (non-hydrogen) atoms. The molecule has 2 rings (SSSR count). The molecule has 0 aliphatic heterocycles. The smallest absolute Gasteiger partial charge is 0.135 e. The summed E-state index contributed by atoms with van der Waals surface area (Å²) >= 11 is 3.03. The van der Waals surface area contributed by atoms with E-state index in [-0.39, 0.29) is 0 Å². The van der Waals surface area contributed by atoms with Crippen molar-refractivity contribution >= 4 is 22.7 Å². The van der Waals surface area contributed by atoms with Crippen molar-refractivity contribution in [1.29, 1.82) is 0 Å². The second kappa shape index (κ2) is 3.73. The maximum Gasteiger partial charge on any atom is 0.135 e. The van der Waals surface area contributed by atoms with Crippen LogP contribution in [0.4, 0.5) is 0 Å². The minimum absolute atomic E-state index is 0.291. The monoisotopic (exact) mass is 226 g/mol. The van der Waals surface area contributed by atoms with Crippen LogP contribution in [0, 0.1) is 0 Å². The van der Waals surface area contributed by atoms with E-state index in [4.69, 9.17) is 0 Å². The van der Waals surface area contributed by atoms with E-state index in [0.717, 1.165) is 15.3 Å². The van der Waals surface area contributed by atoms with Gasteiger partial charge in [-0.2, -0.15) is 0 Å². The van der Waals surface area contributed by atoms with E-state index in [1.165, 1.54) is 11.3 Å². The highest BCUT2D eigenvalue weighted by Gasteiger charge is 2.14. The third kappa shape index (κ3) is 1.56. The number of rotatable bonds is 2. The first kappa shape index (κ1) is 9.71. The van der Waals surface area contributed by atoms with Crippen molar-refractivity contribution < 1.29 is 10.2 Å². The Morgan fingerprint density at radius 1 is 1.14 bits per heavy atom. The lowest BCUT2D eigenvalue weighted by Gasteiger charge is -2.04. The quantitative estimate of drug-likeness (QED) is 0.825. The highest BCUT2D eigenvalue weighted by molar-refractivity contribution is 7.20. The summed E-state index contributed by atoms with van der Waals surface area (Å²) in [6.45, 7) is 1.73. The summed E-state index contributed by atoms with van der Waals surface area (Å²) in [4.78, 5) is 1.81.